The zero-order valence-corrected chi connectivity index (χ0v) is 23.4. The van der Waals surface area contributed by atoms with Crippen molar-refractivity contribution in [2.45, 2.75) is 62.2 Å². The number of aliphatic hydroxyl groups is 1. The first-order valence-corrected chi connectivity index (χ1v) is 14.5. The van der Waals surface area contributed by atoms with Crippen LogP contribution in [0.1, 0.15) is 55.7 Å². The van der Waals surface area contributed by atoms with E-state index in [1.807, 2.05) is 30.4 Å². The first kappa shape index (κ1) is 26.7. The maximum Gasteiger partial charge on any atom is 0.237 e. The lowest BCUT2D eigenvalue weighted by Gasteiger charge is -2.49. The molecule has 1 saturated carbocycles. The molecule has 2 heterocycles. The third kappa shape index (κ3) is 4.76. The highest BCUT2D eigenvalue weighted by Gasteiger charge is 2.62. The molecule has 2 aliphatic heterocycles. The van der Waals surface area contributed by atoms with Crippen LogP contribution in [0.4, 0.5) is 5.69 Å². The van der Waals surface area contributed by atoms with Crippen LogP contribution in [0.2, 0.25) is 10.0 Å². The fraction of sp³-hybridized carbons (Fsp3) is 0.400. The summed E-state index contributed by atoms with van der Waals surface area (Å²) < 4.78 is 6.50. The molecule has 6 nitrogen and oxygen atoms in total. The Bertz CT molecular complexity index is 1380. The van der Waals surface area contributed by atoms with Crippen molar-refractivity contribution in [2.24, 2.45) is 11.8 Å². The highest BCUT2D eigenvalue weighted by atomic mass is 35.5. The van der Waals surface area contributed by atoms with E-state index in [1.54, 1.807) is 24.3 Å². The van der Waals surface area contributed by atoms with E-state index >= 15 is 0 Å². The summed E-state index contributed by atoms with van der Waals surface area (Å²) in [5.74, 6) is -0.337. The molecule has 0 aromatic heterocycles. The zero-order valence-electron chi connectivity index (χ0n) is 21.1. The number of allylic oxidation sites excluding steroid dienone is 4. The second kappa shape index (κ2) is 10.5. The molecule has 2 amide bonds. The number of hydrogen-bond donors (Lipinski definition) is 3. The fourth-order valence-corrected chi connectivity index (χ4v) is 7.44. The smallest absolute Gasteiger partial charge is 0.237 e. The summed E-state index contributed by atoms with van der Waals surface area (Å²) in [6, 6.07) is 10.00. The molecular weight excluding hydrogens is 559 g/mol. The Balaban J connectivity index is 1.51. The number of fused-ring (bicyclic) bond motifs is 2. The van der Waals surface area contributed by atoms with Gasteiger partial charge in [-0.05, 0) is 85.9 Å². The Hall–Kier alpha value is -2.51. The van der Waals surface area contributed by atoms with E-state index in [0.29, 0.717) is 64.2 Å². The van der Waals surface area contributed by atoms with Crippen LogP contribution < -0.4 is 15.4 Å². The molecule has 2 aromatic rings. The molecule has 0 bridgehead atoms. The van der Waals surface area contributed by atoms with Gasteiger partial charge >= 0.3 is 0 Å². The number of halogens is 3. The summed E-state index contributed by atoms with van der Waals surface area (Å²) in [6.07, 6.45) is 8.83. The first-order chi connectivity index (χ1) is 18.8. The van der Waals surface area contributed by atoms with Crippen LogP contribution in [0.5, 0.6) is 5.75 Å². The largest absolute Gasteiger partial charge is 0.490 e. The number of carbonyl (C=O) groups is 2. The van der Waals surface area contributed by atoms with Gasteiger partial charge < -0.3 is 20.5 Å². The van der Waals surface area contributed by atoms with E-state index in [0.717, 1.165) is 5.56 Å². The number of piperidine rings is 1. The molecule has 204 valence electrons. The van der Waals surface area contributed by atoms with Crippen molar-refractivity contribution in [3.05, 3.63) is 80.8 Å². The van der Waals surface area contributed by atoms with Gasteiger partial charge in [-0.1, -0.05) is 53.0 Å². The molecule has 9 heteroatoms. The van der Waals surface area contributed by atoms with Crippen molar-refractivity contribution in [3.63, 3.8) is 0 Å². The third-order valence-electron chi connectivity index (χ3n) is 8.61. The molecule has 0 radical (unpaired) electrons. The van der Waals surface area contributed by atoms with Gasteiger partial charge in [-0.2, -0.15) is 0 Å². The Morgan fingerprint density at radius 1 is 0.949 bits per heavy atom. The van der Waals surface area contributed by atoms with Gasteiger partial charge in [0.05, 0.1) is 18.2 Å². The van der Waals surface area contributed by atoms with Crippen LogP contribution >= 0.6 is 34.8 Å². The summed E-state index contributed by atoms with van der Waals surface area (Å²) in [7, 11) is 0. The van der Waals surface area contributed by atoms with Crippen molar-refractivity contribution in [3.8, 4) is 5.75 Å². The van der Waals surface area contributed by atoms with Crippen LogP contribution in [-0.2, 0) is 15.0 Å². The highest BCUT2D eigenvalue weighted by Crippen LogP contribution is 2.58. The molecule has 4 atom stereocenters. The summed E-state index contributed by atoms with van der Waals surface area (Å²) in [6.45, 7) is 0. The van der Waals surface area contributed by atoms with Gasteiger partial charge in [-0.3, -0.25) is 9.59 Å². The maximum atomic E-state index is 14.3. The van der Waals surface area contributed by atoms with Crippen molar-refractivity contribution >= 4 is 52.3 Å². The van der Waals surface area contributed by atoms with Crippen molar-refractivity contribution in [2.75, 3.05) is 5.32 Å². The fourth-order valence-electron chi connectivity index (χ4n) is 6.84. The maximum absolute atomic E-state index is 14.3. The number of hydrogen-bond acceptors (Lipinski definition) is 4. The first-order valence-electron chi connectivity index (χ1n) is 13.3. The molecular formula is C30H29Cl3N2O4. The number of nitrogens with one attached hydrogen (secondary N) is 2. The van der Waals surface area contributed by atoms with Gasteiger partial charge in [-0.25, -0.2) is 0 Å². The number of aliphatic hydroxyl groups excluding tert-OH is 1. The van der Waals surface area contributed by atoms with E-state index in [9.17, 15) is 14.7 Å². The quantitative estimate of drug-likeness (QED) is 0.384. The average Bonchev–Trinajstić information content (AvgIpc) is 3.18. The molecule has 1 unspecified atom stereocenters. The normalized spacial score (nSPS) is 31.9. The SMILES string of the molecule is O=C1C[C@@H](C2C=CC=C(Cl)C2)[C@]2(C(=O)Nc3cc(Cl)ccc32)[C@@H](c2cc(Cl)ccc2OC2CCC(O)CC2)N1. The van der Waals surface area contributed by atoms with Crippen LogP contribution in [0, 0.1) is 11.8 Å². The highest BCUT2D eigenvalue weighted by molar-refractivity contribution is 6.31. The molecule has 1 saturated heterocycles. The monoisotopic (exact) mass is 586 g/mol. The predicted molar refractivity (Wildman–Crippen MR) is 152 cm³/mol. The molecule has 2 fully saturated rings. The number of rotatable bonds is 4. The minimum atomic E-state index is -1.16. The van der Waals surface area contributed by atoms with E-state index < -0.39 is 17.4 Å². The standard InChI is InChI=1S/C30H29Cl3N2O4/c31-17-3-1-2-16(12-17)24-15-27(37)35-28(30(24)23-10-4-19(33)14-25(23)34-29(30)38)22-13-18(32)5-11-26(22)39-21-8-6-20(36)7-9-21/h1-5,10-11,13-14,16,20-21,24,28,36H,6-9,12,15H2,(H,34,38)(H,35,37)/t16?,20?,21?,24-,28+,30-/m0/s1. The van der Waals surface area contributed by atoms with Crippen molar-refractivity contribution < 1.29 is 19.4 Å². The van der Waals surface area contributed by atoms with E-state index in [-0.39, 0.29) is 36.4 Å². The zero-order chi connectivity index (χ0) is 27.3. The van der Waals surface area contributed by atoms with E-state index in [4.69, 9.17) is 39.5 Å². The topological polar surface area (TPSA) is 87.7 Å². The van der Waals surface area contributed by atoms with Crippen LogP contribution in [0.3, 0.4) is 0 Å². The predicted octanol–water partition coefficient (Wildman–Crippen LogP) is 6.44. The number of ether oxygens (including phenoxy) is 1. The summed E-state index contributed by atoms with van der Waals surface area (Å²) in [4.78, 5) is 27.7. The molecule has 3 N–H and O–H groups in total. The lowest BCUT2D eigenvalue weighted by atomic mass is 9.57. The number of amides is 2. The molecule has 4 aliphatic rings. The number of carbonyl (C=O) groups excluding carboxylic acids is 2. The minimum Gasteiger partial charge on any atom is -0.490 e. The van der Waals surface area contributed by atoms with Crippen molar-refractivity contribution in [1.29, 1.82) is 0 Å². The third-order valence-corrected chi connectivity index (χ3v) is 9.36. The summed E-state index contributed by atoms with van der Waals surface area (Å²) in [5, 5.41) is 17.9. The van der Waals surface area contributed by atoms with Gasteiger partial charge in [0.15, 0.2) is 0 Å². The Labute approximate surface area is 242 Å². The molecule has 39 heavy (non-hydrogen) atoms. The summed E-state index contributed by atoms with van der Waals surface area (Å²) in [5.41, 5.74) is 0.887. The van der Waals surface area contributed by atoms with Crippen LogP contribution in [0.15, 0.2) is 59.7 Å². The van der Waals surface area contributed by atoms with Gasteiger partial charge in [0.2, 0.25) is 11.8 Å². The average molecular weight is 588 g/mol. The Morgan fingerprint density at radius 2 is 1.69 bits per heavy atom. The summed E-state index contributed by atoms with van der Waals surface area (Å²) >= 11 is 19.3. The number of anilines is 1. The lowest BCUT2D eigenvalue weighted by Crippen LogP contribution is -2.59. The van der Waals surface area contributed by atoms with Gasteiger partial charge in [0.1, 0.15) is 11.2 Å². The lowest BCUT2D eigenvalue weighted by molar-refractivity contribution is -0.135. The minimum absolute atomic E-state index is 0.0897. The van der Waals surface area contributed by atoms with Crippen LogP contribution in [-0.4, -0.2) is 29.1 Å². The van der Waals surface area contributed by atoms with Gasteiger partial charge in [-0.15, -0.1) is 0 Å². The molecule has 2 aliphatic carbocycles. The van der Waals surface area contributed by atoms with Crippen molar-refractivity contribution in [1.82, 2.24) is 5.32 Å². The van der Waals surface area contributed by atoms with Gasteiger partial charge in [0, 0.05) is 32.7 Å². The van der Waals surface area contributed by atoms with E-state index in [1.165, 1.54) is 0 Å². The molecule has 6 rings (SSSR count). The molecule has 2 aromatic carbocycles. The van der Waals surface area contributed by atoms with Crippen LogP contribution in [0.25, 0.3) is 0 Å². The Kier molecular flexibility index (Phi) is 7.17. The van der Waals surface area contributed by atoms with E-state index in [2.05, 4.69) is 10.6 Å². The molecule has 1 spiro atoms. The number of benzene rings is 2. The Morgan fingerprint density at radius 3 is 2.46 bits per heavy atom. The second-order valence-corrected chi connectivity index (χ2v) is 12.3. The second-order valence-electron chi connectivity index (χ2n) is 10.9. The van der Waals surface area contributed by atoms with Gasteiger partial charge in [0.25, 0.3) is 0 Å².